The Kier molecular flexibility index (Phi) is 6.43. The van der Waals surface area contributed by atoms with Crippen LogP contribution in [0.2, 0.25) is 0 Å². The molecule has 2 atom stereocenters. The Morgan fingerprint density at radius 2 is 1.90 bits per heavy atom. The molecule has 0 amide bonds. The van der Waals surface area contributed by atoms with E-state index in [0.29, 0.717) is 5.75 Å². The summed E-state index contributed by atoms with van der Waals surface area (Å²) in [4.78, 5) is 0. The molecule has 1 aromatic carbocycles. The lowest BCUT2D eigenvalue weighted by atomic mass is 10.1. The second-order valence-corrected chi connectivity index (χ2v) is 8.00. The van der Waals surface area contributed by atoms with Gasteiger partial charge in [0.05, 0.1) is 6.04 Å². The van der Waals surface area contributed by atoms with E-state index in [1.807, 2.05) is 40.7 Å². The second-order valence-electron chi connectivity index (χ2n) is 6.00. The molecular formula is C15H23F2NO2S. The highest BCUT2D eigenvalue weighted by Crippen LogP contribution is 2.24. The molecule has 1 aromatic rings. The Labute approximate surface area is 128 Å². The first-order chi connectivity index (χ1) is 9.59. The number of rotatable bonds is 6. The standard InChI is InChI=1S/C15H23F2NO2S/c1-10-6-12(8-13(7-10)20-9-14(16)17)11(2)18-21(19)15(3,4)5/h6-8,11,14,18H,9H2,1-5H3. The summed E-state index contributed by atoms with van der Waals surface area (Å²) >= 11 is -1.20. The Balaban J connectivity index is 2.82. The fourth-order valence-electron chi connectivity index (χ4n) is 1.67. The first-order valence-corrected chi connectivity index (χ1v) is 7.95. The van der Waals surface area contributed by atoms with Crippen molar-refractivity contribution >= 4 is 11.4 Å². The predicted molar refractivity (Wildman–Crippen MR) is 82.1 cm³/mol. The van der Waals surface area contributed by atoms with Crippen LogP contribution in [0.15, 0.2) is 18.2 Å². The van der Waals surface area contributed by atoms with Crippen molar-refractivity contribution in [3.05, 3.63) is 29.3 Å². The van der Waals surface area contributed by atoms with Crippen LogP contribution in [-0.4, -0.2) is 22.3 Å². The minimum absolute atomic E-state index is 0.168. The summed E-state index contributed by atoms with van der Waals surface area (Å²) in [7, 11) is 0. The maximum Gasteiger partial charge on any atom is 0.272 e. The van der Waals surface area contributed by atoms with Crippen molar-refractivity contribution in [3.63, 3.8) is 0 Å². The van der Waals surface area contributed by atoms with Gasteiger partial charge in [-0.1, -0.05) is 6.07 Å². The lowest BCUT2D eigenvalue weighted by Crippen LogP contribution is -2.40. The number of ether oxygens (including phenoxy) is 1. The van der Waals surface area contributed by atoms with Gasteiger partial charge >= 0.3 is 0 Å². The lowest BCUT2D eigenvalue weighted by molar-refractivity contribution is 0.0818. The van der Waals surface area contributed by atoms with Crippen LogP contribution in [0.5, 0.6) is 5.75 Å². The third-order valence-electron chi connectivity index (χ3n) is 2.79. The summed E-state index contributed by atoms with van der Waals surface area (Å²) in [6.45, 7) is 8.78. The Morgan fingerprint density at radius 1 is 1.29 bits per heavy atom. The molecule has 0 spiro atoms. The van der Waals surface area contributed by atoms with E-state index in [0.717, 1.165) is 11.1 Å². The van der Waals surface area contributed by atoms with Gasteiger partial charge in [0.25, 0.3) is 6.43 Å². The van der Waals surface area contributed by atoms with Crippen molar-refractivity contribution in [2.45, 2.75) is 51.8 Å². The van der Waals surface area contributed by atoms with Crippen molar-refractivity contribution in [2.24, 2.45) is 0 Å². The van der Waals surface area contributed by atoms with E-state index in [4.69, 9.17) is 4.74 Å². The molecule has 120 valence electrons. The normalized spacial score (nSPS) is 15.1. The molecule has 0 aliphatic carbocycles. The third-order valence-corrected chi connectivity index (χ3v) is 4.47. The van der Waals surface area contributed by atoms with Crippen molar-refractivity contribution in [1.29, 1.82) is 0 Å². The van der Waals surface area contributed by atoms with Gasteiger partial charge in [-0.25, -0.2) is 8.78 Å². The summed E-state index contributed by atoms with van der Waals surface area (Å²) in [5.74, 6) is 0.403. The smallest absolute Gasteiger partial charge is 0.272 e. The molecule has 0 aliphatic rings. The molecule has 0 radical (unpaired) electrons. The zero-order valence-corrected chi connectivity index (χ0v) is 13.9. The first-order valence-electron chi connectivity index (χ1n) is 6.80. The molecule has 2 unspecified atom stereocenters. The van der Waals surface area contributed by atoms with Crippen LogP contribution >= 0.6 is 0 Å². The van der Waals surface area contributed by atoms with Crippen LogP contribution in [0.3, 0.4) is 0 Å². The monoisotopic (exact) mass is 319 g/mol. The van der Waals surface area contributed by atoms with Gasteiger partial charge in [-0.3, -0.25) is 0 Å². The van der Waals surface area contributed by atoms with Crippen LogP contribution in [0, 0.1) is 6.92 Å². The average molecular weight is 319 g/mol. The van der Waals surface area contributed by atoms with Gasteiger partial charge in [-0.2, -0.15) is 0 Å². The fourth-order valence-corrected chi connectivity index (χ4v) is 2.49. The third kappa shape index (κ3) is 6.20. The molecule has 0 saturated heterocycles. The summed E-state index contributed by atoms with van der Waals surface area (Å²) in [6.07, 6.45) is -2.50. The van der Waals surface area contributed by atoms with E-state index in [-0.39, 0.29) is 10.8 Å². The number of aryl methyl sites for hydroxylation is 1. The van der Waals surface area contributed by atoms with Crippen LogP contribution in [0.4, 0.5) is 8.78 Å². The van der Waals surface area contributed by atoms with Gasteiger partial charge in [-0.05, 0) is 57.9 Å². The highest BCUT2D eigenvalue weighted by atomic mass is 32.2. The zero-order chi connectivity index (χ0) is 16.2. The molecule has 0 saturated carbocycles. The topological polar surface area (TPSA) is 44.3 Å². The minimum Gasteiger partial charge on any atom is -0.598 e. The maximum absolute atomic E-state index is 12.2. The number of alkyl halides is 2. The molecule has 21 heavy (non-hydrogen) atoms. The molecule has 0 fully saturated rings. The van der Waals surface area contributed by atoms with E-state index in [9.17, 15) is 13.3 Å². The minimum atomic E-state index is -2.50. The van der Waals surface area contributed by atoms with Crippen LogP contribution in [0.1, 0.15) is 44.9 Å². The summed E-state index contributed by atoms with van der Waals surface area (Å²) < 4.78 is 44.2. The van der Waals surface area contributed by atoms with Crippen molar-refractivity contribution in [3.8, 4) is 5.75 Å². The Bertz CT molecular complexity index is 463. The summed E-state index contributed by atoms with van der Waals surface area (Å²) in [6, 6.07) is 5.16. The van der Waals surface area contributed by atoms with E-state index in [1.54, 1.807) is 12.1 Å². The summed E-state index contributed by atoms with van der Waals surface area (Å²) in [5.41, 5.74) is 1.77. The van der Waals surface area contributed by atoms with Crippen molar-refractivity contribution in [1.82, 2.24) is 4.72 Å². The maximum atomic E-state index is 12.2. The highest BCUT2D eigenvalue weighted by molar-refractivity contribution is 7.90. The predicted octanol–water partition coefficient (Wildman–Crippen LogP) is 3.75. The number of hydrogen-bond donors (Lipinski definition) is 1. The Morgan fingerprint density at radius 3 is 2.43 bits per heavy atom. The van der Waals surface area contributed by atoms with E-state index in [2.05, 4.69) is 4.72 Å². The molecule has 0 bridgehead atoms. The summed E-state index contributed by atoms with van der Waals surface area (Å²) in [5, 5.41) is 0. The second kappa shape index (κ2) is 7.42. The highest BCUT2D eigenvalue weighted by Gasteiger charge is 2.28. The molecule has 3 nitrogen and oxygen atoms in total. The van der Waals surface area contributed by atoms with Gasteiger partial charge < -0.3 is 9.29 Å². The largest absolute Gasteiger partial charge is 0.598 e. The lowest BCUT2D eigenvalue weighted by Gasteiger charge is -2.26. The molecule has 6 heteroatoms. The molecular weight excluding hydrogens is 296 g/mol. The van der Waals surface area contributed by atoms with Gasteiger partial charge in [0, 0.05) is 11.4 Å². The van der Waals surface area contributed by atoms with Crippen molar-refractivity contribution < 1.29 is 18.1 Å². The van der Waals surface area contributed by atoms with Crippen LogP contribution in [0.25, 0.3) is 0 Å². The quantitative estimate of drug-likeness (QED) is 0.812. The van der Waals surface area contributed by atoms with E-state index < -0.39 is 24.4 Å². The van der Waals surface area contributed by atoms with Crippen LogP contribution < -0.4 is 9.46 Å². The molecule has 1 rings (SSSR count). The molecule has 0 aliphatic heterocycles. The average Bonchev–Trinajstić information content (AvgIpc) is 2.34. The van der Waals surface area contributed by atoms with Gasteiger partial charge in [0.2, 0.25) is 0 Å². The zero-order valence-electron chi connectivity index (χ0n) is 13.1. The first kappa shape index (κ1) is 18.2. The number of benzene rings is 1. The molecule has 0 heterocycles. The number of nitrogens with one attached hydrogen (secondary N) is 1. The van der Waals surface area contributed by atoms with Crippen molar-refractivity contribution in [2.75, 3.05) is 6.61 Å². The van der Waals surface area contributed by atoms with Gasteiger partial charge in [0.15, 0.2) is 0 Å². The molecule has 0 aromatic heterocycles. The number of halogens is 2. The SMILES string of the molecule is Cc1cc(OCC(F)F)cc(C(C)N[S+]([O-])C(C)(C)C)c1. The van der Waals surface area contributed by atoms with E-state index in [1.165, 1.54) is 0 Å². The van der Waals surface area contributed by atoms with Crippen LogP contribution in [-0.2, 0) is 11.4 Å². The van der Waals surface area contributed by atoms with E-state index >= 15 is 0 Å². The molecule has 1 N–H and O–H groups in total. The number of hydrogen-bond acceptors (Lipinski definition) is 3. The fraction of sp³-hybridized carbons (Fsp3) is 0.600. The van der Waals surface area contributed by atoms with Gasteiger partial charge in [0.1, 0.15) is 17.1 Å². The van der Waals surface area contributed by atoms with Gasteiger partial charge in [-0.15, -0.1) is 4.72 Å². The Hall–Kier alpha value is -0.850.